The maximum Gasteiger partial charge on any atom is 2.00 e. The Morgan fingerprint density at radius 2 is 1.05 bits per heavy atom. The van der Waals surface area contributed by atoms with Crippen molar-refractivity contribution in [1.82, 2.24) is 9.80 Å². The first-order valence-corrected chi connectivity index (χ1v) is 7.99. The van der Waals surface area contributed by atoms with Gasteiger partial charge in [0.15, 0.2) is 0 Å². The topological polar surface area (TPSA) is 6.48 Å². The zero-order chi connectivity index (χ0) is 14.6. The van der Waals surface area contributed by atoms with E-state index >= 15 is 0 Å². The summed E-state index contributed by atoms with van der Waals surface area (Å²) in [5.41, 5.74) is 0. The maximum absolute atomic E-state index is 4.82. The van der Waals surface area contributed by atoms with E-state index in [4.69, 9.17) is 49.7 Å². The van der Waals surface area contributed by atoms with Gasteiger partial charge in [0.2, 0.25) is 0 Å². The fourth-order valence-electron chi connectivity index (χ4n) is 1.30. The summed E-state index contributed by atoms with van der Waals surface area (Å²) >= 11 is 19.3. The molecule has 7 heteroatoms. The Hall–Kier alpha value is 0.739. The van der Waals surface area contributed by atoms with Gasteiger partial charge in [-0.2, -0.15) is 0 Å². The Labute approximate surface area is 151 Å². The molecule has 0 atom stereocenters. The summed E-state index contributed by atoms with van der Waals surface area (Å²) in [5.74, 6) is 0. The first-order chi connectivity index (χ1) is 8.44. The number of hydrogen-bond donors (Lipinski definition) is 0. The van der Waals surface area contributed by atoms with Crippen molar-refractivity contribution >= 4 is 58.3 Å². The van der Waals surface area contributed by atoms with E-state index < -0.39 is 0 Å². The van der Waals surface area contributed by atoms with Gasteiger partial charge in [0.25, 0.3) is 0 Å². The molecule has 1 radical (unpaired) electrons. The molecule has 0 amide bonds. The molecule has 0 saturated carbocycles. The molecule has 0 heterocycles. The summed E-state index contributed by atoms with van der Waals surface area (Å²) in [4.78, 5) is 4.04. The van der Waals surface area contributed by atoms with Gasteiger partial charge in [-0.3, -0.25) is 0 Å². The molecule has 117 valence electrons. The van der Waals surface area contributed by atoms with Crippen LogP contribution >= 0.6 is 24.4 Å². The molecule has 0 rings (SSSR count). The molecule has 0 aromatic rings. The van der Waals surface area contributed by atoms with Crippen molar-refractivity contribution in [2.24, 2.45) is 0 Å². The zero-order valence-electron chi connectivity index (χ0n) is 12.1. The fraction of sp³-hybridized carbons (Fsp3) is 0.833. The van der Waals surface area contributed by atoms with E-state index in [2.05, 4.69) is 27.7 Å². The molecule has 2 nitrogen and oxygen atoms in total. The second-order valence-corrected chi connectivity index (χ2v) is 5.75. The molecule has 0 aliphatic rings. The van der Waals surface area contributed by atoms with Crippen LogP contribution in [0, 0.1) is 0 Å². The quantitative estimate of drug-likeness (QED) is 0.389. The summed E-state index contributed by atoms with van der Waals surface area (Å²) in [6, 6.07) is 0. The summed E-state index contributed by atoms with van der Waals surface area (Å²) in [5, 5.41) is 0. The average Bonchev–Trinajstić information content (AvgIpc) is 2.32. The molecule has 0 aliphatic heterocycles. The molecular formula is C12H24CuN2S4. The average molecular weight is 388 g/mol. The number of nitrogens with zero attached hydrogens (tertiary/aromatic N) is 2. The SMILES string of the molecule is CCCN(CC)C(=S)[S-].CCCN(CC)C(=S)[S-].[Cu+2]. The second kappa shape index (κ2) is 16.8. The molecule has 0 unspecified atom stereocenters. The van der Waals surface area contributed by atoms with Gasteiger partial charge in [-0.1, -0.05) is 22.5 Å². The van der Waals surface area contributed by atoms with Crippen LogP contribution in [0.5, 0.6) is 0 Å². The van der Waals surface area contributed by atoms with Crippen LogP contribution in [-0.4, -0.2) is 44.6 Å². The van der Waals surface area contributed by atoms with E-state index in [-0.39, 0.29) is 17.1 Å². The predicted molar refractivity (Wildman–Crippen MR) is 95.0 cm³/mol. The van der Waals surface area contributed by atoms with Gasteiger partial charge in [-0.25, -0.2) is 0 Å². The molecule has 0 fully saturated rings. The van der Waals surface area contributed by atoms with Crippen molar-refractivity contribution in [2.45, 2.75) is 40.5 Å². The monoisotopic (exact) mass is 387 g/mol. The van der Waals surface area contributed by atoms with Gasteiger partial charge in [-0.05, 0) is 26.7 Å². The van der Waals surface area contributed by atoms with Gasteiger partial charge in [0.1, 0.15) is 0 Å². The summed E-state index contributed by atoms with van der Waals surface area (Å²) in [7, 11) is 0. The molecule has 0 aromatic heterocycles. The Morgan fingerprint density at radius 3 is 1.11 bits per heavy atom. The van der Waals surface area contributed by atoms with Crippen molar-refractivity contribution in [3.05, 3.63) is 0 Å². The van der Waals surface area contributed by atoms with Crippen LogP contribution in [0.25, 0.3) is 0 Å². The van der Waals surface area contributed by atoms with E-state index in [0.717, 1.165) is 39.0 Å². The molecule has 0 spiro atoms. The van der Waals surface area contributed by atoms with Crippen LogP contribution in [-0.2, 0) is 42.3 Å². The Morgan fingerprint density at radius 1 is 0.789 bits per heavy atom. The molecule has 0 aromatic carbocycles. The van der Waals surface area contributed by atoms with Crippen LogP contribution in [0.15, 0.2) is 0 Å². The Kier molecular flexibility index (Phi) is 21.9. The largest absolute Gasteiger partial charge is 2.00 e. The minimum atomic E-state index is 0. The van der Waals surface area contributed by atoms with Gasteiger partial charge in [-0.15, -0.1) is 0 Å². The number of hydrogen-bond acceptors (Lipinski definition) is 4. The molecule has 19 heavy (non-hydrogen) atoms. The summed E-state index contributed by atoms with van der Waals surface area (Å²) in [6.45, 7) is 12.2. The number of rotatable bonds is 6. The van der Waals surface area contributed by atoms with Crippen LogP contribution in [0.2, 0.25) is 0 Å². The summed E-state index contributed by atoms with van der Waals surface area (Å²) in [6.07, 6.45) is 2.23. The number of thiocarbonyl (C=S) groups is 2. The standard InChI is InChI=1S/2C6H13NS2.Cu/c2*1-3-5-7(4-2)6(8)9;/h2*3-5H2,1-2H3,(H,8,9);/q;;+2/p-2. The molecule has 0 aliphatic carbocycles. The second-order valence-electron chi connectivity index (χ2n) is 3.69. The van der Waals surface area contributed by atoms with Gasteiger partial charge in [0.05, 0.1) is 0 Å². The van der Waals surface area contributed by atoms with E-state index in [0.29, 0.717) is 8.64 Å². The Balaban J connectivity index is -0.000000256. The summed E-state index contributed by atoms with van der Waals surface area (Å²) < 4.78 is 1.19. The minimum absolute atomic E-state index is 0. The van der Waals surface area contributed by atoms with Crippen LogP contribution in [0.3, 0.4) is 0 Å². The third kappa shape index (κ3) is 15.0. The van der Waals surface area contributed by atoms with Crippen molar-refractivity contribution in [3.8, 4) is 0 Å². The van der Waals surface area contributed by atoms with E-state index in [1.165, 1.54) is 0 Å². The first-order valence-electron chi connectivity index (χ1n) is 6.36. The van der Waals surface area contributed by atoms with Crippen molar-refractivity contribution < 1.29 is 17.1 Å². The minimum Gasteiger partial charge on any atom is -0.411 e. The molecular weight excluding hydrogens is 364 g/mol. The maximum atomic E-state index is 4.82. The van der Waals surface area contributed by atoms with Crippen molar-refractivity contribution in [2.75, 3.05) is 26.2 Å². The fourth-order valence-corrected chi connectivity index (χ4v) is 2.18. The molecule has 0 N–H and O–H groups in total. The van der Waals surface area contributed by atoms with Gasteiger partial charge < -0.3 is 59.5 Å². The predicted octanol–water partition coefficient (Wildman–Crippen LogP) is 3.10. The van der Waals surface area contributed by atoms with Gasteiger partial charge in [0, 0.05) is 26.2 Å². The van der Waals surface area contributed by atoms with Crippen LogP contribution < -0.4 is 0 Å². The molecule has 0 saturated heterocycles. The van der Waals surface area contributed by atoms with E-state index in [9.17, 15) is 0 Å². The third-order valence-electron chi connectivity index (χ3n) is 2.27. The normalized spacial score (nSPS) is 8.63. The first kappa shape index (κ1) is 24.7. The Bertz CT molecular complexity index is 216. The van der Waals surface area contributed by atoms with Crippen molar-refractivity contribution in [1.29, 1.82) is 0 Å². The van der Waals surface area contributed by atoms with Gasteiger partial charge >= 0.3 is 17.1 Å². The third-order valence-corrected chi connectivity index (χ3v) is 3.30. The van der Waals surface area contributed by atoms with Crippen molar-refractivity contribution in [3.63, 3.8) is 0 Å². The van der Waals surface area contributed by atoms with Crippen LogP contribution in [0.4, 0.5) is 0 Å². The van der Waals surface area contributed by atoms with E-state index in [1.807, 2.05) is 9.80 Å². The molecule has 0 bridgehead atoms. The zero-order valence-corrected chi connectivity index (χ0v) is 16.3. The van der Waals surface area contributed by atoms with Crippen LogP contribution in [0.1, 0.15) is 40.5 Å². The van der Waals surface area contributed by atoms with E-state index in [1.54, 1.807) is 0 Å². The smallest absolute Gasteiger partial charge is 0.411 e.